The molecule has 0 saturated heterocycles. The first kappa shape index (κ1) is 15.8. The van der Waals surface area contributed by atoms with Crippen LogP contribution in [0.15, 0.2) is 24.3 Å². The van der Waals surface area contributed by atoms with E-state index in [-0.39, 0.29) is 24.5 Å². The predicted molar refractivity (Wildman–Crippen MR) is 79.5 cm³/mol. The van der Waals surface area contributed by atoms with E-state index >= 15 is 0 Å². The van der Waals surface area contributed by atoms with Gasteiger partial charge in [-0.15, -0.1) is 0 Å². The second kappa shape index (κ2) is 6.89. The van der Waals surface area contributed by atoms with Crippen molar-refractivity contribution < 1.29 is 14.3 Å². The van der Waals surface area contributed by atoms with Crippen molar-refractivity contribution in [3.05, 3.63) is 35.6 Å². The smallest absolute Gasteiger partial charge is 0.315 e. The summed E-state index contributed by atoms with van der Waals surface area (Å²) >= 11 is 0. The number of carbonyl (C=O) groups is 1. The first-order valence-electron chi connectivity index (χ1n) is 7.47. The average molecular weight is 294 g/mol. The number of carbonyl (C=O) groups excluding carboxylic acids is 1. The van der Waals surface area contributed by atoms with Gasteiger partial charge in [0.2, 0.25) is 0 Å². The molecule has 3 N–H and O–H groups in total. The predicted octanol–water partition coefficient (Wildman–Crippen LogP) is 2.36. The molecular weight excluding hydrogens is 271 g/mol. The third-order valence-electron chi connectivity index (χ3n) is 4.05. The largest absolute Gasteiger partial charge is 0.394 e. The molecule has 1 saturated carbocycles. The van der Waals surface area contributed by atoms with Gasteiger partial charge in [-0.2, -0.15) is 0 Å². The molecule has 1 atom stereocenters. The molecule has 0 bridgehead atoms. The van der Waals surface area contributed by atoms with Gasteiger partial charge >= 0.3 is 6.03 Å². The van der Waals surface area contributed by atoms with Crippen LogP contribution in [-0.2, 0) is 6.42 Å². The Kier molecular flexibility index (Phi) is 5.17. The minimum absolute atomic E-state index is 0.0291. The van der Waals surface area contributed by atoms with E-state index in [0.717, 1.165) is 31.2 Å². The summed E-state index contributed by atoms with van der Waals surface area (Å²) in [6, 6.07) is 6.00. The number of amides is 2. The van der Waals surface area contributed by atoms with E-state index in [1.807, 2.05) is 13.0 Å². The number of rotatable bonds is 5. The van der Waals surface area contributed by atoms with Crippen LogP contribution in [0.3, 0.4) is 0 Å². The molecule has 0 radical (unpaired) electrons. The van der Waals surface area contributed by atoms with Gasteiger partial charge in [0.1, 0.15) is 5.82 Å². The number of benzene rings is 1. The van der Waals surface area contributed by atoms with Gasteiger partial charge < -0.3 is 15.7 Å². The second-order valence-corrected chi connectivity index (χ2v) is 5.98. The van der Waals surface area contributed by atoms with Gasteiger partial charge in [0.05, 0.1) is 12.1 Å². The summed E-state index contributed by atoms with van der Waals surface area (Å²) in [5.74, 6) is -0.269. The molecule has 0 aromatic heterocycles. The Morgan fingerprint density at radius 1 is 1.43 bits per heavy atom. The zero-order chi connectivity index (χ0) is 15.3. The molecule has 2 amide bonds. The summed E-state index contributed by atoms with van der Waals surface area (Å²) < 4.78 is 13.1. The molecular formula is C16H23FN2O2. The highest BCUT2D eigenvalue weighted by Gasteiger charge is 2.34. The van der Waals surface area contributed by atoms with Gasteiger partial charge in [-0.3, -0.25) is 0 Å². The maximum atomic E-state index is 13.1. The Morgan fingerprint density at radius 2 is 2.14 bits per heavy atom. The SMILES string of the molecule is CC(Cc1cccc(F)c1)NC(=O)NC1(CO)CCCC1. The molecule has 1 aromatic rings. The van der Waals surface area contributed by atoms with Crippen LogP contribution < -0.4 is 10.6 Å². The summed E-state index contributed by atoms with van der Waals surface area (Å²) in [6.07, 6.45) is 4.25. The summed E-state index contributed by atoms with van der Waals surface area (Å²) in [6.45, 7) is 1.85. The fourth-order valence-corrected chi connectivity index (χ4v) is 2.94. The molecule has 2 rings (SSSR count). The standard InChI is InChI=1S/C16H23FN2O2/c1-12(9-13-5-4-6-14(17)10-13)18-15(21)19-16(11-20)7-2-3-8-16/h4-6,10,12,20H,2-3,7-9,11H2,1H3,(H2,18,19,21). The summed E-state index contributed by atoms with van der Waals surface area (Å²) in [4.78, 5) is 12.0. The number of urea groups is 1. The third-order valence-corrected chi connectivity index (χ3v) is 4.05. The highest BCUT2D eigenvalue weighted by atomic mass is 19.1. The first-order valence-corrected chi connectivity index (χ1v) is 7.47. The Balaban J connectivity index is 1.84. The first-order chi connectivity index (χ1) is 10.0. The van der Waals surface area contributed by atoms with E-state index in [1.54, 1.807) is 6.07 Å². The minimum Gasteiger partial charge on any atom is -0.394 e. The molecule has 1 aliphatic carbocycles. The number of aliphatic hydroxyl groups is 1. The quantitative estimate of drug-likeness (QED) is 0.780. The van der Waals surface area contributed by atoms with Gasteiger partial charge in [0.15, 0.2) is 0 Å². The molecule has 5 heteroatoms. The van der Waals surface area contributed by atoms with Crippen LogP contribution in [0, 0.1) is 5.82 Å². The van der Waals surface area contributed by atoms with Gasteiger partial charge in [-0.25, -0.2) is 9.18 Å². The van der Waals surface area contributed by atoms with Crippen molar-refractivity contribution in [2.75, 3.05) is 6.61 Å². The van der Waals surface area contributed by atoms with Gasteiger partial charge in [-0.05, 0) is 43.9 Å². The number of hydrogen-bond acceptors (Lipinski definition) is 2. The minimum atomic E-state index is -0.470. The molecule has 0 heterocycles. The fraction of sp³-hybridized carbons (Fsp3) is 0.562. The van der Waals surface area contributed by atoms with Crippen LogP contribution in [0.2, 0.25) is 0 Å². The number of hydrogen-bond donors (Lipinski definition) is 3. The number of halogens is 1. The van der Waals surface area contributed by atoms with Crippen LogP contribution >= 0.6 is 0 Å². The molecule has 116 valence electrons. The fourth-order valence-electron chi connectivity index (χ4n) is 2.94. The second-order valence-electron chi connectivity index (χ2n) is 5.98. The maximum Gasteiger partial charge on any atom is 0.315 e. The summed E-state index contributed by atoms with van der Waals surface area (Å²) in [5.41, 5.74) is 0.378. The zero-order valence-electron chi connectivity index (χ0n) is 12.4. The van der Waals surface area contributed by atoms with Crippen LogP contribution in [0.25, 0.3) is 0 Å². The lowest BCUT2D eigenvalue weighted by Crippen LogP contribution is -2.54. The highest BCUT2D eigenvalue weighted by molar-refractivity contribution is 5.75. The van der Waals surface area contributed by atoms with Crippen molar-refractivity contribution in [1.82, 2.24) is 10.6 Å². The Morgan fingerprint density at radius 3 is 2.76 bits per heavy atom. The molecule has 21 heavy (non-hydrogen) atoms. The summed E-state index contributed by atoms with van der Waals surface area (Å²) in [7, 11) is 0. The Bertz CT molecular complexity index is 487. The molecule has 1 unspecified atom stereocenters. The zero-order valence-corrected chi connectivity index (χ0v) is 12.4. The topological polar surface area (TPSA) is 61.4 Å². The van der Waals surface area contributed by atoms with Crippen molar-refractivity contribution in [2.24, 2.45) is 0 Å². The number of nitrogens with one attached hydrogen (secondary N) is 2. The van der Waals surface area contributed by atoms with Gasteiger partial charge in [0, 0.05) is 6.04 Å². The van der Waals surface area contributed by atoms with Crippen LogP contribution in [0.5, 0.6) is 0 Å². The van der Waals surface area contributed by atoms with Gasteiger partial charge in [-0.1, -0.05) is 25.0 Å². The van der Waals surface area contributed by atoms with E-state index in [9.17, 15) is 14.3 Å². The Hall–Kier alpha value is -1.62. The van der Waals surface area contributed by atoms with E-state index in [2.05, 4.69) is 10.6 Å². The molecule has 0 spiro atoms. The van der Waals surface area contributed by atoms with E-state index in [0.29, 0.717) is 6.42 Å². The summed E-state index contributed by atoms with van der Waals surface area (Å²) in [5, 5.41) is 15.2. The van der Waals surface area contributed by atoms with E-state index in [1.165, 1.54) is 12.1 Å². The lowest BCUT2D eigenvalue weighted by molar-refractivity contribution is 0.162. The van der Waals surface area contributed by atoms with Gasteiger partial charge in [0.25, 0.3) is 0 Å². The van der Waals surface area contributed by atoms with Crippen LogP contribution in [0.4, 0.5) is 9.18 Å². The van der Waals surface area contributed by atoms with Crippen molar-refractivity contribution in [3.63, 3.8) is 0 Å². The lowest BCUT2D eigenvalue weighted by Gasteiger charge is -2.29. The normalized spacial score (nSPS) is 18.2. The Labute approximate surface area is 124 Å². The third kappa shape index (κ3) is 4.43. The van der Waals surface area contributed by atoms with E-state index in [4.69, 9.17) is 0 Å². The molecule has 1 fully saturated rings. The molecule has 0 aliphatic heterocycles. The average Bonchev–Trinajstić information content (AvgIpc) is 2.87. The molecule has 4 nitrogen and oxygen atoms in total. The monoisotopic (exact) mass is 294 g/mol. The number of aliphatic hydroxyl groups excluding tert-OH is 1. The molecule has 1 aliphatic rings. The van der Waals surface area contributed by atoms with Crippen molar-refractivity contribution in [2.45, 2.75) is 50.6 Å². The maximum absolute atomic E-state index is 13.1. The van der Waals surface area contributed by atoms with Crippen LogP contribution in [-0.4, -0.2) is 29.3 Å². The highest BCUT2D eigenvalue weighted by Crippen LogP contribution is 2.28. The van der Waals surface area contributed by atoms with Crippen molar-refractivity contribution >= 4 is 6.03 Å². The van der Waals surface area contributed by atoms with Crippen LogP contribution in [0.1, 0.15) is 38.2 Å². The van der Waals surface area contributed by atoms with Crippen molar-refractivity contribution in [1.29, 1.82) is 0 Å². The molecule has 1 aromatic carbocycles. The van der Waals surface area contributed by atoms with E-state index < -0.39 is 5.54 Å². The van der Waals surface area contributed by atoms with Crippen molar-refractivity contribution in [3.8, 4) is 0 Å². The lowest BCUT2D eigenvalue weighted by atomic mass is 9.99.